The molecule has 2 aromatic carbocycles. The van der Waals surface area contributed by atoms with Crippen LogP contribution >= 0.6 is 0 Å². The normalized spacial score (nSPS) is 10.7. The zero-order valence-corrected chi connectivity index (χ0v) is 11.5. The maximum absolute atomic E-state index is 12.0. The number of halogens is 2. The van der Waals surface area contributed by atoms with Gasteiger partial charge in [-0.05, 0) is 54.8 Å². The van der Waals surface area contributed by atoms with Gasteiger partial charge in [0.2, 0.25) is 0 Å². The second-order valence-electron chi connectivity index (χ2n) is 4.68. The van der Waals surface area contributed by atoms with Crippen molar-refractivity contribution in [2.24, 2.45) is 0 Å². The SMILES string of the molecule is Cc1ccc(NCc2ccc(OC(F)F)cc2)cc1C. The van der Waals surface area contributed by atoms with Gasteiger partial charge in [-0.3, -0.25) is 0 Å². The van der Waals surface area contributed by atoms with E-state index in [1.165, 1.54) is 11.1 Å². The van der Waals surface area contributed by atoms with Gasteiger partial charge in [-0.25, -0.2) is 0 Å². The highest BCUT2D eigenvalue weighted by atomic mass is 19.3. The Bertz CT molecular complexity index is 567. The first-order valence-electron chi connectivity index (χ1n) is 6.39. The minimum Gasteiger partial charge on any atom is -0.435 e. The van der Waals surface area contributed by atoms with Crippen LogP contribution in [0, 0.1) is 13.8 Å². The average molecular weight is 277 g/mol. The van der Waals surface area contributed by atoms with Crippen molar-refractivity contribution in [3.05, 3.63) is 59.2 Å². The highest BCUT2D eigenvalue weighted by molar-refractivity contribution is 5.48. The molecule has 4 heteroatoms. The molecule has 0 heterocycles. The van der Waals surface area contributed by atoms with Crippen LogP contribution in [0.25, 0.3) is 0 Å². The van der Waals surface area contributed by atoms with Crippen LogP contribution < -0.4 is 10.1 Å². The van der Waals surface area contributed by atoms with Gasteiger partial charge < -0.3 is 10.1 Å². The van der Waals surface area contributed by atoms with E-state index < -0.39 is 6.61 Å². The van der Waals surface area contributed by atoms with Crippen LogP contribution in [-0.4, -0.2) is 6.61 Å². The first kappa shape index (κ1) is 14.3. The molecule has 0 unspecified atom stereocenters. The summed E-state index contributed by atoms with van der Waals surface area (Å²) in [4.78, 5) is 0. The van der Waals surface area contributed by atoms with Gasteiger partial charge in [0.05, 0.1) is 0 Å². The number of ether oxygens (including phenoxy) is 1. The maximum atomic E-state index is 12.0. The second-order valence-corrected chi connectivity index (χ2v) is 4.68. The van der Waals surface area contributed by atoms with Crippen LogP contribution in [0.2, 0.25) is 0 Å². The van der Waals surface area contributed by atoms with Crippen molar-refractivity contribution in [2.45, 2.75) is 27.0 Å². The highest BCUT2D eigenvalue weighted by Crippen LogP contribution is 2.17. The van der Waals surface area contributed by atoms with Crippen molar-refractivity contribution in [3.8, 4) is 5.75 Å². The predicted molar refractivity (Wildman–Crippen MR) is 76.3 cm³/mol. The smallest absolute Gasteiger partial charge is 0.387 e. The number of alkyl halides is 2. The van der Waals surface area contributed by atoms with Gasteiger partial charge in [0.25, 0.3) is 0 Å². The summed E-state index contributed by atoms with van der Waals surface area (Å²) in [6, 6.07) is 12.8. The molecule has 0 bridgehead atoms. The molecule has 2 aromatic rings. The van der Waals surface area contributed by atoms with E-state index in [-0.39, 0.29) is 5.75 Å². The zero-order chi connectivity index (χ0) is 14.5. The molecular weight excluding hydrogens is 260 g/mol. The first-order valence-corrected chi connectivity index (χ1v) is 6.39. The largest absolute Gasteiger partial charge is 0.435 e. The summed E-state index contributed by atoms with van der Waals surface area (Å²) in [5.74, 6) is 0.176. The summed E-state index contributed by atoms with van der Waals surface area (Å²) in [7, 11) is 0. The Kier molecular flexibility index (Phi) is 4.56. The molecule has 106 valence electrons. The summed E-state index contributed by atoms with van der Waals surface area (Å²) >= 11 is 0. The van der Waals surface area contributed by atoms with Gasteiger partial charge in [0.15, 0.2) is 0 Å². The summed E-state index contributed by atoms with van der Waals surface area (Å²) in [5, 5.41) is 3.30. The fourth-order valence-corrected chi connectivity index (χ4v) is 1.84. The minimum atomic E-state index is -2.78. The molecule has 0 amide bonds. The Labute approximate surface area is 117 Å². The minimum absolute atomic E-state index is 0.176. The van der Waals surface area contributed by atoms with Gasteiger partial charge in [0.1, 0.15) is 5.75 Å². The number of aryl methyl sites for hydroxylation is 2. The maximum Gasteiger partial charge on any atom is 0.387 e. The van der Waals surface area contributed by atoms with Crippen molar-refractivity contribution in [1.29, 1.82) is 0 Å². The molecule has 2 rings (SSSR count). The van der Waals surface area contributed by atoms with Crippen LogP contribution in [0.15, 0.2) is 42.5 Å². The van der Waals surface area contributed by atoms with E-state index in [2.05, 4.69) is 36.0 Å². The lowest BCUT2D eigenvalue weighted by Crippen LogP contribution is -2.03. The molecule has 0 atom stereocenters. The fraction of sp³-hybridized carbons (Fsp3) is 0.250. The molecule has 0 aliphatic rings. The molecule has 0 aromatic heterocycles. The van der Waals surface area contributed by atoms with Crippen molar-refractivity contribution in [2.75, 3.05) is 5.32 Å². The third-order valence-electron chi connectivity index (χ3n) is 3.15. The van der Waals surface area contributed by atoms with Crippen LogP contribution in [0.3, 0.4) is 0 Å². The number of hydrogen-bond donors (Lipinski definition) is 1. The molecule has 20 heavy (non-hydrogen) atoms. The molecule has 0 aliphatic carbocycles. The molecule has 1 N–H and O–H groups in total. The molecule has 0 saturated carbocycles. The fourth-order valence-electron chi connectivity index (χ4n) is 1.84. The van der Waals surface area contributed by atoms with Crippen LogP contribution in [0.4, 0.5) is 14.5 Å². The van der Waals surface area contributed by atoms with Crippen LogP contribution in [0.1, 0.15) is 16.7 Å². The molecule has 0 spiro atoms. The molecule has 0 saturated heterocycles. The second kappa shape index (κ2) is 6.37. The van der Waals surface area contributed by atoms with Gasteiger partial charge in [-0.1, -0.05) is 18.2 Å². The number of nitrogens with one attached hydrogen (secondary N) is 1. The van der Waals surface area contributed by atoms with Crippen molar-refractivity contribution in [1.82, 2.24) is 0 Å². The molecule has 0 radical (unpaired) electrons. The first-order chi connectivity index (χ1) is 9.54. The summed E-state index contributed by atoms with van der Waals surface area (Å²) in [6.45, 7) is 1.99. The van der Waals surface area contributed by atoms with E-state index >= 15 is 0 Å². The van der Waals surface area contributed by atoms with Gasteiger partial charge in [-0.15, -0.1) is 0 Å². The Hall–Kier alpha value is -2.10. The van der Waals surface area contributed by atoms with E-state index in [0.717, 1.165) is 11.3 Å². The molecular formula is C16H17F2NO. The Morgan fingerprint density at radius 3 is 2.30 bits per heavy atom. The van der Waals surface area contributed by atoms with Gasteiger partial charge in [-0.2, -0.15) is 8.78 Å². The summed E-state index contributed by atoms with van der Waals surface area (Å²) in [6.07, 6.45) is 0. The van der Waals surface area contributed by atoms with Crippen LogP contribution in [0.5, 0.6) is 5.75 Å². The highest BCUT2D eigenvalue weighted by Gasteiger charge is 2.03. The van der Waals surface area contributed by atoms with Crippen molar-refractivity contribution >= 4 is 5.69 Å². The Morgan fingerprint density at radius 1 is 1.00 bits per heavy atom. The lowest BCUT2D eigenvalue weighted by molar-refractivity contribution is -0.0498. The topological polar surface area (TPSA) is 21.3 Å². The number of hydrogen-bond acceptors (Lipinski definition) is 2. The van der Waals surface area contributed by atoms with Gasteiger partial charge in [0, 0.05) is 12.2 Å². The molecule has 0 fully saturated rings. The molecule has 0 aliphatic heterocycles. The standard InChI is InChI=1S/C16H17F2NO/c1-11-3-6-14(9-12(11)2)19-10-13-4-7-15(8-5-13)20-16(17)18/h3-9,16,19H,10H2,1-2H3. The molecule has 2 nitrogen and oxygen atoms in total. The predicted octanol–water partition coefficient (Wildman–Crippen LogP) is 4.52. The zero-order valence-electron chi connectivity index (χ0n) is 11.5. The van der Waals surface area contributed by atoms with Gasteiger partial charge >= 0.3 is 6.61 Å². The number of benzene rings is 2. The van der Waals surface area contributed by atoms with Crippen molar-refractivity contribution < 1.29 is 13.5 Å². The van der Waals surface area contributed by atoms with E-state index in [1.807, 2.05) is 6.07 Å². The summed E-state index contributed by atoms with van der Waals surface area (Å²) < 4.78 is 28.4. The van der Waals surface area contributed by atoms with Crippen LogP contribution in [-0.2, 0) is 6.54 Å². The third kappa shape index (κ3) is 3.95. The third-order valence-corrected chi connectivity index (χ3v) is 3.15. The van der Waals surface area contributed by atoms with E-state index in [1.54, 1.807) is 24.3 Å². The average Bonchev–Trinajstić information content (AvgIpc) is 2.41. The number of rotatable bonds is 5. The monoisotopic (exact) mass is 277 g/mol. The Morgan fingerprint density at radius 2 is 1.70 bits per heavy atom. The lowest BCUT2D eigenvalue weighted by atomic mass is 10.1. The quantitative estimate of drug-likeness (QED) is 0.867. The lowest BCUT2D eigenvalue weighted by Gasteiger charge is -2.10. The number of anilines is 1. The summed E-state index contributed by atoms with van der Waals surface area (Å²) in [5.41, 5.74) is 4.53. The van der Waals surface area contributed by atoms with E-state index in [4.69, 9.17) is 0 Å². The van der Waals surface area contributed by atoms with Crippen molar-refractivity contribution in [3.63, 3.8) is 0 Å². The van der Waals surface area contributed by atoms with E-state index in [9.17, 15) is 8.78 Å². The Balaban J connectivity index is 1.95. The van der Waals surface area contributed by atoms with E-state index in [0.29, 0.717) is 6.54 Å².